The number of halogens is 2. The van der Waals surface area contributed by atoms with Gasteiger partial charge in [-0.2, -0.15) is 5.10 Å². The number of rotatable bonds is 0. The summed E-state index contributed by atoms with van der Waals surface area (Å²) in [6.45, 7) is 0. The molecule has 3 nitrogen and oxygen atoms in total. The van der Waals surface area contributed by atoms with Crippen LogP contribution in [0.3, 0.4) is 0 Å². The molecule has 0 bridgehead atoms. The van der Waals surface area contributed by atoms with Crippen LogP contribution in [0.5, 0.6) is 0 Å². The van der Waals surface area contributed by atoms with Crippen LogP contribution in [-0.2, 0) is 0 Å². The summed E-state index contributed by atoms with van der Waals surface area (Å²) < 4.78 is 0. The Hall–Kier alpha value is -0.540. The summed E-state index contributed by atoms with van der Waals surface area (Å²) in [6.07, 6.45) is 1.33. The van der Waals surface area contributed by atoms with E-state index < -0.39 is 0 Å². The zero-order chi connectivity index (χ0) is 6.85. The molecule has 0 atom stereocenters. The number of nitrogen functional groups attached to an aromatic ring is 1. The van der Waals surface area contributed by atoms with Gasteiger partial charge in [-0.15, -0.1) is 5.10 Å². The normalized spacial score (nSPS) is 9.56. The molecular formula is C4H3Cl2N3. The van der Waals surface area contributed by atoms with E-state index in [9.17, 15) is 0 Å². The van der Waals surface area contributed by atoms with Crippen molar-refractivity contribution in [3.63, 3.8) is 0 Å². The molecular weight excluding hydrogens is 161 g/mol. The van der Waals surface area contributed by atoms with Gasteiger partial charge in [0.1, 0.15) is 5.02 Å². The van der Waals surface area contributed by atoms with Gasteiger partial charge in [-0.3, -0.25) is 0 Å². The van der Waals surface area contributed by atoms with Gasteiger partial charge in [0.25, 0.3) is 0 Å². The Morgan fingerprint density at radius 2 is 2.11 bits per heavy atom. The highest BCUT2D eigenvalue weighted by Gasteiger charge is 2.00. The first kappa shape index (κ1) is 6.58. The second-order valence-electron chi connectivity index (χ2n) is 1.39. The maximum Gasteiger partial charge on any atom is 0.166 e. The highest BCUT2D eigenvalue weighted by atomic mass is 35.5. The molecule has 0 radical (unpaired) electrons. The summed E-state index contributed by atoms with van der Waals surface area (Å²) in [5.41, 5.74) is 5.23. The van der Waals surface area contributed by atoms with Gasteiger partial charge in [0.05, 0.1) is 11.2 Å². The van der Waals surface area contributed by atoms with E-state index in [-0.39, 0.29) is 10.8 Å². The molecule has 2 N–H and O–H groups in total. The lowest BCUT2D eigenvalue weighted by Crippen LogP contribution is -1.92. The maximum atomic E-state index is 5.52. The Morgan fingerprint density at radius 3 is 2.56 bits per heavy atom. The second kappa shape index (κ2) is 2.37. The molecule has 1 rings (SSSR count). The Labute approximate surface area is 61.8 Å². The fourth-order valence-corrected chi connectivity index (χ4v) is 0.592. The number of anilines is 1. The van der Waals surface area contributed by atoms with Crippen LogP contribution in [0.1, 0.15) is 0 Å². The minimum absolute atomic E-state index is 0.157. The van der Waals surface area contributed by atoms with Gasteiger partial charge < -0.3 is 5.73 Å². The average Bonchev–Trinajstić information content (AvgIpc) is 1.83. The van der Waals surface area contributed by atoms with E-state index in [0.29, 0.717) is 5.02 Å². The van der Waals surface area contributed by atoms with Crippen molar-refractivity contribution in [2.45, 2.75) is 0 Å². The van der Waals surface area contributed by atoms with E-state index in [1.54, 1.807) is 0 Å². The molecule has 0 saturated carbocycles. The Morgan fingerprint density at radius 1 is 1.44 bits per heavy atom. The van der Waals surface area contributed by atoms with E-state index in [1.807, 2.05) is 0 Å². The van der Waals surface area contributed by atoms with E-state index in [1.165, 1.54) is 6.20 Å². The quantitative estimate of drug-likeness (QED) is 0.629. The van der Waals surface area contributed by atoms with Crippen molar-refractivity contribution >= 4 is 29.0 Å². The van der Waals surface area contributed by atoms with Gasteiger partial charge >= 0.3 is 0 Å². The molecule has 0 aliphatic carbocycles. The summed E-state index contributed by atoms with van der Waals surface area (Å²) in [5, 5.41) is 7.48. The summed E-state index contributed by atoms with van der Waals surface area (Å²) in [6, 6.07) is 0. The second-order valence-corrected chi connectivity index (χ2v) is 2.18. The van der Waals surface area contributed by atoms with Crippen molar-refractivity contribution in [3.05, 3.63) is 16.2 Å². The molecule has 1 aromatic heterocycles. The molecule has 0 spiro atoms. The molecule has 0 aliphatic heterocycles. The zero-order valence-corrected chi connectivity index (χ0v) is 5.82. The summed E-state index contributed by atoms with van der Waals surface area (Å²) in [7, 11) is 0. The van der Waals surface area contributed by atoms with Crippen LogP contribution >= 0.6 is 23.2 Å². The van der Waals surface area contributed by atoms with Crippen LogP contribution in [0, 0.1) is 0 Å². The van der Waals surface area contributed by atoms with Gasteiger partial charge in [-0.05, 0) is 0 Å². The van der Waals surface area contributed by atoms with Crippen molar-refractivity contribution < 1.29 is 0 Å². The number of nitrogens with two attached hydrogens (primary N) is 1. The third-order valence-electron chi connectivity index (χ3n) is 0.771. The molecule has 0 fully saturated rings. The average molecular weight is 164 g/mol. The van der Waals surface area contributed by atoms with Gasteiger partial charge in [0.15, 0.2) is 5.82 Å². The lowest BCUT2D eigenvalue weighted by Gasteiger charge is -1.93. The molecule has 5 heteroatoms. The summed E-state index contributed by atoms with van der Waals surface area (Å²) in [5.74, 6) is 0.157. The largest absolute Gasteiger partial charge is 0.381 e. The van der Waals surface area contributed by atoms with Crippen molar-refractivity contribution in [2.24, 2.45) is 0 Å². The molecule has 48 valence electrons. The first-order valence-corrected chi connectivity index (χ1v) is 2.89. The smallest absolute Gasteiger partial charge is 0.166 e. The maximum absolute atomic E-state index is 5.52. The van der Waals surface area contributed by atoms with Crippen molar-refractivity contribution in [1.82, 2.24) is 10.2 Å². The standard InChI is InChI=1S/C4H3Cl2N3/c5-2-1-8-9-4(7)3(2)6/h1H,(H2,7,9). The molecule has 1 heterocycles. The first-order chi connectivity index (χ1) is 4.22. The van der Waals surface area contributed by atoms with E-state index in [4.69, 9.17) is 28.9 Å². The molecule has 0 saturated heterocycles. The number of nitrogens with zero attached hydrogens (tertiary/aromatic N) is 2. The van der Waals surface area contributed by atoms with Crippen LogP contribution in [0.25, 0.3) is 0 Å². The summed E-state index contributed by atoms with van der Waals surface area (Å²) in [4.78, 5) is 0. The van der Waals surface area contributed by atoms with Crippen LogP contribution in [0.2, 0.25) is 10.0 Å². The van der Waals surface area contributed by atoms with E-state index >= 15 is 0 Å². The van der Waals surface area contributed by atoms with Gasteiger partial charge in [0.2, 0.25) is 0 Å². The molecule has 0 aromatic carbocycles. The van der Waals surface area contributed by atoms with Crippen molar-refractivity contribution in [2.75, 3.05) is 5.73 Å². The molecule has 1 aromatic rings. The third-order valence-corrected chi connectivity index (χ3v) is 1.55. The number of hydrogen-bond acceptors (Lipinski definition) is 3. The monoisotopic (exact) mass is 163 g/mol. The third kappa shape index (κ3) is 1.23. The summed E-state index contributed by atoms with van der Waals surface area (Å²) >= 11 is 11.0. The van der Waals surface area contributed by atoms with Gasteiger partial charge in [-0.25, -0.2) is 0 Å². The first-order valence-electron chi connectivity index (χ1n) is 2.14. The Bertz CT molecular complexity index is 205. The van der Waals surface area contributed by atoms with Crippen LogP contribution in [0.4, 0.5) is 5.82 Å². The molecule has 0 unspecified atom stereocenters. The van der Waals surface area contributed by atoms with Crippen molar-refractivity contribution in [1.29, 1.82) is 0 Å². The molecule has 9 heavy (non-hydrogen) atoms. The highest BCUT2D eigenvalue weighted by molar-refractivity contribution is 6.43. The van der Waals surface area contributed by atoms with Gasteiger partial charge in [0, 0.05) is 0 Å². The molecule has 0 aliphatic rings. The lowest BCUT2D eigenvalue weighted by molar-refractivity contribution is 1.04. The fraction of sp³-hybridized carbons (Fsp3) is 0. The number of hydrogen-bond donors (Lipinski definition) is 1. The number of aromatic nitrogens is 2. The van der Waals surface area contributed by atoms with E-state index in [2.05, 4.69) is 10.2 Å². The Balaban J connectivity index is 3.25. The highest BCUT2D eigenvalue weighted by Crippen LogP contribution is 2.23. The topological polar surface area (TPSA) is 51.8 Å². The predicted molar refractivity (Wildman–Crippen MR) is 36.5 cm³/mol. The van der Waals surface area contributed by atoms with Crippen molar-refractivity contribution in [3.8, 4) is 0 Å². The van der Waals surface area contributed by atoms with Crippen LogP contribution < -0.4 is 5.73 Å². The fourth-order valence-electron chi connectivity index (χ4n) is 0.365. The Kier molecular flexibility index (Phi) is 1.73. The van der Waals surface area contributed by atoms with Gasteiger partial charge in [-0.1, -0.05) is 23.2 Å². The lowest BCUT2D eigenvalue weighted by atomic mass is 10.5. The predicted octanol–water partition coefficient (Wildman–Crippen LogP) is 1.37. The minimum Gasteiger partial charge on any atom is -0.381 e. The molecule has 0 amide bonds. The van der Waals surface area contributed by atoms with Crippen LogP contribution in [-0.4, -0.2) is 10.2 Å². The minimum atomic E-state index is 0.157. The van der Waals surface area contributed by atoms with E-state index in [0.717, 1.165) is 0 Å². The zero-order valence-electron chi connectivity index (χ0n) is 4.31. The van der Waals surface area contributed by atoms with Crippen LogP contribution in [0.15, 0.2) is 6.20 Å². The SMILES string of the molecule is Nc1nncc(Cl)c1Cl.